The number of amides is 3. The number of benzene rings is 1. The lowest BCUT2D eigenvalue weighted by Gasteiger charge is -2.32. The number of carbonyl (C=O) groups is 2. The van der Waals surface area contributed by atoms with E-state index in [1.165, 1.54) is 19.3 Å². The van der Waals surface area contributed by atoms with Gasteiger partial charge in [0.15, 0.2) is 0 Å². The van der Waals surface area contributed by atoms with E-state index in [9.17, 15) is 9.59 Å². The van der Waals surface area contributed by atoms with E-state index in [1.807, 2.05) is 30.3 Å². The average Bonchev–Trinajstić information content (AvgIpc) is 2.69. The van der Waals surface area contributed by atoms with Crippen molar-refractivity contribution in [2.75, 3.05) is 19.6 Å². The Morgan fingerprint density at radius 2 is 1.52 bits per heavy atom. The molecule has 1 aliphatic carbocycles. The number of nitrogens with one attached hydrogen (secondary N) is 3. The van der Waals surface area contributed by atoms with Crippen LogP contribution in [0.25, 0.3) is 0 Å². The second-order valence-electron chi connectivity index (χ2n) is 7.77. The average molecular weight is 373 g/mol. The van der Waals surface area contributed by atoms with Crippen molar-refractivity contribution in [3.63, 3.8) is 0 Å². The van der Waals surface area contributed by atoms with Crippen LogP contribution in [-0.2, 0) is 11.3 Å². The molecule has 1 aromatic rings. The maximum atomic E-state index is 12.2. The number of nitrogens with zero attached hydrogens (tertiary/aromatic N) is 1. The summed E-state index contributed by atoms with van der Waals surface area (Å²) < 4.78 is 0. The van der Waals surface area contributed by atoms with Gasteiger partial charge in [0.25, 0.3) is 0 Å². The largest absolute Gasteiger partial charge is 0.351 e. The quantitative estimate of drug-likeness (QED) is 0.718. The summed E-state index contributed by atoms with van der Waals surface area (Å²) in [6, 6.07) is 10.5. The van der Waals surface area contributed by atoms with E-state index in [-0.39, 0.29) is 18.0 Å². The van der Waals surface area contributed by atoms with E-state index in [4.69, 9.17) is 0 Å². The molecule has 0 aromatic heterocycles. The fourth-order valence-electron chi connectivity index (χ4n) is 3.95. The Morgan fingerprint density at radius 1 is 0.889 bits per heavy atom. The van der Waals surface area contributed by atoms with Gasteiger partial charge in [0, 0.05) is 31.7 Å². The van der Waals surface area contributed by atoms with Crippen LogP contribution in [0.15, 0.2) is 30.3 Å². The van der Waals surface area contributed by atoms with Crippen molar-refractivity contribution in [1.29, 1.82) is 0 Å². The molecule has 0 radical (unpaired) electrons. The lowest BCUT2D eigenvalue weighted by atomic mass is 9.96. The number of piperidine rings is 1. The summed E-state index contributed by atoms with van der Waals surface area (Å²) in [6.07, 6.45) is 7.71. The zero-order valence-electron chi connectivity index (χ0n) is 16.1. The summed E-state index contributed by atoms with van der Waals surface area (Å²) in [4.78, 5) is 26.5. The monoisotopic (exact) mass is 372 g/mol. The number of hydrogen-bond acceptors (Lipinski definition) is 3. The molecule has 27 heavy (non-hydrogen) atoms. The van der Waals surface area contributed by atoms with Crippen molar-refractivity contribution >= 4 is 11.9 Å². The second kappa shape index (κ2) is 10.3. The summed E-state index contributed by atoms with van der Waals surface area (Å²) in [5.41, 5.74) is 1.11. The van der Waals surface area contributed by atoms with Gasteiger partial charge >= 0.3 is 6.03 Å². The van der Waals surface area contributed by atoms with Crippen molar-refractivity contribution in [1.82, 2.24) is 20.9 Å². The van der Waals surface area contributed by atoms with Crippen LogP contribution in [0.3, 0.4) is 0 Å². The topological polar surface area (TPSA) is 73.5 Å². The van der Waals surface area contributed by atoms with Crippen LogP contribution >= 0.6 is 0 Å². The molecule has 6 heteroatoms. The number of likely N-dealkylation sites (tertiary alicyclic amines) is 1. The minimum atomic E-state index is -0.0269. The fourth-order valence-corrected chi connectivity index (χ4v) is 3.95. The molecule has 2 aliphatic rings. The molecule has 148 valence electrons. The predicted octanol–water partition coefficient (Wildman–Crippen LogP) is 2.40. The molecule has 1 aliphatic heterocycles. The van der Waals surface area contributed by atoms with Crippen LogP contribution in [0.4, 0.5) is 4.79 Å². The normalized spacial score (nSPS) is 19.4. The highest BCUT2D eigenvalue weighted by atomic mass is 16.2. The molecule has 1 heterocycles. The second-order valence-corrected chi connectivity index (χ2v) is 7.77. The first-order chi connectivity index (χ1) is 13.2. The first-order valence-corrected chi connectivity index (χ1v) is 10.3. The first-order valence-electron chi connectivity index (χ1n) is 10.3. The van der Waals surface area contributed by atoms with Crippen LogP contribution in [-0.4, -0.2) is 48.6 Å². The molecule has 2 fully saturated rings. The first kappa shape index (κ1) is 19.7. The van der Waals surface area contributed by atoms with Gasteiger partial charge in [0.1, 0.15) is 0 Å². The smallest absolute Gasteiger partial charge is 0.315 e. The van der Waals surface area contributed by atoms with Gasteiger partial charge in [-0.15, -0.1) is 0 Å². The highest BCUT2D eigenvalue weighted by Crippen LogP contribution is 2.17. The predicted molar refractivity (Wildman–Crippen MR) is 106 cm³/mol. The number of hydrogen-bond donors (Lipinski definition) is 3. The zero-order chi connectivity index (χ0) is 18.9. The number of urea groups is 1. The molecule has 0 unspecified atom stereocenters. The van der Waals surface area contributed by atoms with Gasteiger partial charge in [-0.25, -0.2) is 4.79 Å². The maximum absolute atomic E-state index is 12.2. The molecule has 3 amide bonds. The Bertz CT molecular complexity index is 593. The molecular weight excluding hydrogens is 340 g/mol. The van der Waals surface area contributed by atoms with E-state index < -0.39 is 0 Å². The van der Waals surface area contributed by atoms with Gasteiger partial charge in [0.2, 0.25) is 5.91 Å². The molecule has 3 N–H and O–H groups in total. The molecule has 0 spiro atoms. The van der Waals surface area contributed by atoms with Crippen molar-refractivity contribution < 1.29 is 9.59 Å². The molecule has 3 rings (SSSR count). The zero-order valence-corrected chi connectivity index (χ0v) is 16.1. The summed E-state index contributed by atoms with van der Waals surface area (Å²) >= 11 is 0. The molecule has 1 saturated carbocycles. The van der Waals surface area contributed by atoms with Crippen LogP contribution in [0.2, 0.25) is 0 Å². The van der Waals surface area contributed by atoms with Crippen molar-refractivity contribution in [2.45, 2.75) is 63.6 Å². The minimum Gasteiger partial charge on any atom is -0.351 e. The number of carbonyl (C=O) groups excluding carboxylic acids is 2. The van der Waals surface area contributed by atoms with E-state index in [0.29, 0.717) is 19.1 Å². The van der Waals surface area contributed by atoms with Crippen LogP contribution in [0.5, 0.6) is 0 Å². The Morgan fingerprint density at radius 3 is 2.19 bits per heavy atom. The van der Waals surface area contributed by atoms with Crippen LogP contribution < -0.4 is 16.0 Å². The van der Waals surface area contributed by atoms with Crippen LogP contribution in [0.1, 0.15) is 50.5 Å². The fraction of sp³-hybridized carbons (Fsp3) is 0.619. The molecular formula is C21H32N4O2. The highest BCUT2D eigenvalue weighted by molar-refractivity contribution is 5.78. The van der Waals surface area contributed by atoms with Gasteiger partial charge < -0.3 is 16.0 Å². The Kier molecular flexibility index (Phi) is 7.51. The molecule has 0 bridgehead atoms. The van der Waals surface area contributed by atoms with E-state index in [2.05, 4.69) is 20.9 Å². The minimum absolute atomic E-state index is 0.0269. The Balaban J connectivity index is 1.30. The summed E-state index contributed by atoms with van der Waals surface area (Å²) in [7, 11) is 0. The summed E-state index contributed by atoms with van der Waals surface area (Å²) in [6.45, 7) is 2.67. The van der Waals surface area contributed by atoms with Crippen molar-refractivity contribution in [3.05, 3.63) is 35.9 Å². The summed E-state index contributed by atoms with van der Waals surface area (Å²) in [5.74, 6) is 0.0558. The highest BCUT2D eigenvalue weighted by Gasteiger charge is 2.23. The Labute approximate surface area is 162 Å². The molecule has 1 saturated heterocycles. The van der Waals surface area contributed by atoms with E-state index in [0.717, 1.165) is 44.3 Å². The molecule has 1 aromatic carbocycles. The van der Waals surface area contributed by atoms with Gasteiger partial charge in [-0.1, -0.05) is 49.6 Å². The van der Waals surface area contributed by atoms with Crippen LogP contribution in [0, 0.1) is 0 Å². The van der Waals surface area contributed by atoms with Gasteiger partial charge in [-0.2, -0.15) is 0 Å². The Hall–Kier alpha value is -2.08. The van der Waals surface area contributed by atoms with Gasteiger partial charge in [-0.05, 0) is 31.2 Å². The third-order valence-electron chi connectivity index (χ3n) is 5.56. The molecule has 6 nitrogen and oxygen atoms in total. The third-order valence-corrected chi connectivity index (χ3v) is 5.56. The van der Waals surface area contributed by atoms with Gasteiger partial charge in [0.05, 0.1) is 6.54 Å². The summed E-state index contributed by atoms with van der Waals surface area (Å²) in [5, 5.41) is 9.20. The van der Waals surface area contributed by atoms with E-state index >= 15 is 0 Å². The lowest BCUT2D eigenvalue weighted by molar-refractivity contribution is -0.122. The lowest BCUT2D eigenvalue weighted by Crippen LogP contribution is -2.51. The maximum Gasteiger partial charge on any atom is 0.315 e. The van der Waals surface area contributed by atoms with Crippen molar-refractivity contribution in [2.24, 2.45) is 0 Å². The van der Waals surface area contributed by atoms with Crippen molar-refractivity contribution in [3.8, 4) is 0 Å². The SMILES string of the molecule is O=C(CN1CCC(NC(=O)NC2CCCCC2)CC1)NCc1ccccc1. The van der Waals surface area contributed by atoms with E-state index in [1.54, 1.807) is 0 Å². The number of rotatable bonds is 6. The molecule has 0 atom stereocenters. The van der Waals surface area contributed by atoms with Gasteiger partial charge in [-0.3, -0.25) is 9.69 Å². The third kappa shape index (κ3) is 6.86. The standard InChI is InChI=1S/C21H32N4O2/c26-20(22-15-17-7-3-1-4-8-17)16-25-13-11-19(12-14-25)24-21(27)23-18-9-5-2-6-10-18/h1,3-4,7-8,18-19H,2,5-6,9-16H2,(H,22,26)(H2,23,24,27).